The van der Waals surface area contributed by atoms with Crippen molar-refractivity contribution in [2.75, 3.05) is 13.1 Å². The zero-order valence-corrected chi connectivity index (χ0v) is 15.6. The number of halogens is 2. The van der Waals surface area contributed by atoms with Gasteiger partial charge in [0.1, 0.15) is 5.82 Å². The quantitative estimate of drug-likeness (QED) is 0.816. The number of nitrogens with one attached hydrogen (secondary N) is 1. The van der Waals surface area contributed by atoms with Crippen molar-refractivity contribution in [2.24, 2.45) is 0 Å². The Morgan fingerprint density at radius 3 is 2.50 bits per heavy atom. The molecule has 0 aromatic heterocycles. The number of hydrogen-bond acceptors (Lipinski definition) is 2. The van der Waals surface area contributed by atoms with Gasteiger partial charge in [-0.1, -0.05) is 48.7 Å². The number of nitrogens with zero attached hydrogens (tertiary/aromatic N) is 1. The first-order valence-electron chi connectivity index (χ1n) is 9.15. The highest BCUT2D eigenvalue weighted by Crippen LogP contribution is 2.18. The number of carbonyl (C=O) groups excluding carboxylic acids is 1. The molecule has 3 nitrogen and oxygen atoms in total. The van der Waals surface area contributed by atoms with Crippen LogP contribution in [0.4, 0.5) is 4.39 Å². The minimum Gasteiger partial charge on any atom is -0.348 e. The van der Waals surface area contributed by atoms with Gasteiger partial charge in [0.05, 0.1) is 10.6 Å². The van der Waals surface area contributed by atoms with Gasteiger partial charge < -0.3 is 5.32 Å². The van der Waals surface area contributed by atoms with E-state index in [1.807, 2.05) is 12.1 Å². The number of amides is 1. The average molecular weight is 375 g/mol. The van der Waals surface area contributed by atoms with Crippen molar-refractivity contribution in [1.82, 2.24) is 10.2 Å². The van der Waals surface area contributed by atoms with E-state index in [2.05, 4.69) is 22.3 Å². The third kappa shape index (κ3) is 5.29. The Morgan fingerprint density at radius 2 is 1.77 bits per heavy atom. The van der Waals surface area contributed by atoms with Crippen LogP contribution in [0.5, 0.6) is 0 Å². The number of carbonyl (C=O) groups is 1. The van der Waals surface area contributed by atoms with Gasteiger partial charge in [-0.25, -0.2) is 4.39 Å². The number of benzene rings is 2. The molecule has 1 heterocycles. The maximum atomic E-state index is 13.1. The first-order valence-corrected chi connectivity index (χ1v) is 9.53. The second kappa shape index (κ2) is 9.15. The Kier molecular flexibility index (Phi) is 6.64. The van der Waals surface area contributed by atoms with E-state index in [4.69, 9.17) is 11.6 Å². The van der Waals surface area contributed by atoms with Crippen LogP contribution in [0.3, 0.4) is 0 Å². The van der Waals surface area contributed by atoms with Gasteiger partial charge in [-0.3, -0.25) is 9.69 Å². The lowest BCUT2D eigenvalue weighted by molar-refractivity contribution is 0.0951. The molecule has 1 saturated heterocycles. The molecule has 26 heavy (non-hydrogen) atoms. The van der Waals surface area contributed by atoms with Crippen LogP contribution in [0.1, 0.15) is 47.2 Å². The summed E-state index contributed by atoms with van der Waals surface area (Å²) in [7, 11) is 0. The summed E-state index contributed by atoms with van der Waals surface area (Å²) < 4.78 is 13.1. The molecule has 0 atom stereocenters. The number of likely N-dealkylation sites (tertiary alicyclic amines) is 1. The summed E-state index contributed by atoms with van der Waals surface area (Å²) in [4.78, 5) is 14.8. The lowest BCUT2D eigenvalue weighted by Crippen LogP contribution is -2.25. The number of rotatable bonds is 5. The molecule has 0 radical (unpaired) electrons. The highest BCUT2D eigenvalue weighted by Gasteiger charge is 2.12. The normalized spacial score (nSPS) is 15.5. The van der Waals surface area contributed by atoms with E-state index in [0.717, 1.165) is 31.3 Å². The summed E-state index contributed by atoms with van der Waals surface area (Å²) >= 11 is 5.95. The van der Waals surface area contributed by atoms with Crippen molar-refractivity contribution in [1.29, 1.82) is 0 Å². The maximum absolute atomic E-state index is 13.1. The summed E-state index contributed by atoms with van der Waals surface area (Å²) in [5, 5.41) is 2.98. The van der Waals surface area contributed by atoms with Crippen LogP contribution in [-0.4, -0.2) is 23.9 Å². The summed E-state index contributed by atoms with van der Waals surface area (Å²) in [5.74, 6) is -0.749. The SMILES string of the molecule is O=C(NCc1cccc(CN2CCCCCC2)c1)c1ccc(F)cc1Cl. The predicted octanol–water partition coefficient (Wildman–Crippen LogP) is 4.79. The molecule has 1 aliphatic rings. The first-order chi connectivity index (χ1) is 12.6. The van der Waals surface area contributed by atoms with Crippen molar-refractivity contribution in [3.05, 3.63) is 70.0 Å². The van der Waals surface area contributed by atoms with Gasteiger partial charge in [0.25, 0.3) is 5.91 Å². The predicted molar refractivity (Wildman–Crippen MR) is 103 cm³/mol. The molecule has 3 rings (SSSR count). The Hall–Kier alpha value is -1.91. The topological polar surface area (TPSA) is 32.3 Å². The first kappa shape index (κ1) is 18.9. The van der Waals surface area contributed by atoms with Crippen molar-refractivity contribution in [3.8, 4) is 0 Å². The summed E-state index contributed by atoms with van der Waals surface area (Å²) in [6, 6.07) is 12.1. The molecule has 1 amide bonds. The minimum atomic E-state index is -0.451. The van der Waals surface area contributed by atoms with E-state index in [-0.39, 0.29) is 16.5 Å². The second-order valence-electron chi connectivity index (χ2n) is 6.82. The van der Waals surface area contributed by atoms with Crippen LogP contribution in [0.25, 0.3) is 0 Å². The van der Waals surface area contributed by atoms with Gasteiger partial charge >= 0.3 is 0 Å². The molecular weight excluding hydrogens is 351 g/mol. The molecule has 2 aromatic rings. The monoisotopic (exact) mass is 374 g/mol. The zero-order valence-electron chi connectivity index (χ0n) is 14.8. The van der Waals surface area contributed by atoms with E-state index in [1.54, 1.807) is 0 Å². The standard InChI is InChI=1S/C21H24ClFN2O/c22-20-13-18(23)8-9-19(20)21(26)24-14-16-6-5-7-17(12-16)15-25-10-3-1-2-4-11-25/h5-9,12-13H,1-4,10-11,14-15H2,(H,24,26). The Morgan fingerprint density at radius 1 is 1.04 bits per heavy atom. The second-order valence-corrected chi connectivity index (χ2v) is 7.22. The lowest BCUT2D eigenvalue weighted by Gasteiger charge is -2.20. The van der Waals surface area contributed by atoms with Gasteiger partial charge in [0.2, 0.25) is 0 Å². The van der Waals surface area contributed by atoms with Gasteiger partial charge in [-0.2, -0.15) is 0 Å². The lowest BCUT2D eigenvalue weighted by atomic mass is 10.1. The van der Waals surface area contributed by atoms with Crippen LogP contribution < -0.4 is 5.32 Å². The fraction of sp³-hybridized carbons (Fsp3) is 0.381. The summed E-state index contributed by atoms with van der Waals surface area (Å²) in [6.45, 7) is 3.68. The molecule has 1 N–H and O–H groups in total. The molecule has 0 saturated carbocycles. The smallest absolute Gasteiger partial charge is 0.253 e. The van der Waals surface area contributed by atoms with Crippen molar-refractivity contribution in [2.45, 2.75) is 38.8 Å². The molecular formula is C21H24ClFN2O. The van der Waals surface area contributed by atoms with Gasteiger partial charge in [0.15, 0.2) is 0 Å². The van der Waals surface area contributed by atoms with Crippen LogP contribution in [0, 0.1) is 5.82 Å². The van der Waals surface area contributed by atoms with Crippen LogP contribution in [-0.2, 0) is 13.1 Å². The largest absolute Gasteiger partial charge is 0.348 e. The Balaban J connectivity index is 1.58. The van der Waals surface area contributed by atoms with Crippen molar-refractivity contribution < 1.29 is 9.18 Å². The Labute approximate surface area is 159 Å². The number of hydrogen-bond donors (Lipinski definition) is 1. The average Bonchev–Trinajstić information content (AvgIpc) is 2.89. The Bertz CT molecular complexity index is 757. The van der Waals surface area contributed by atoms with E-state index in [0.29, 0.717) is 6.54 Å². The fourth-order valence-corrected chi connectivity index (χ4v) is 3.59. The van der Waals surface area contributed by atoms with E-state index >= 15 is 0 Å². The van der Waals surface area contributed by atoms with E-state index in [9.17, 15) is 9.18 Å². The van der Waals surface area contributed by atoms with Crippen LogP contribution in [0.15, 0.2) is 42.5 Å². The fourth-order valence-electron chi connectivity index (χ4n) is 3.34. The van der Waals surface area contributed by atoms with E-state index < -0.39 is 5.82 Å². The molecule has 1 aliphatic heterocycles. The van der Waals surface area contributed by atoms with Gasteiger partial charge in [-0.15, -0.1) is 0 Å². The van der Waals surface area contributed by atoms with Crippen molar-refractivity contribution >= 4 is 17.5 Å². The molecule has 0 unspecified atom stereocenters. The summed E-state index contributed by atoms with van der Waals surface area (Å²) in [5.41, 5.74) is 2.59. The molecule has 0 spiro atoms. The minimum absolute atomic E-state index is 0.123. The molecule has 138 valence electrons. The van der Waals surface area contributed by atoms with E-state index in [1.165, 1.54) is 43.4 Å². The van der Waals surface area contributed by atoms with Crippen LogP contribution in [0.2, 0.25) is 5.02 Å². The molecule has 0 aliphatic carbocycles. The molecule has 2 aromatic carbocycles. The third-order valence-corrected chi connectivity index (χ3v) is 5.04. The third-order valence-electron chi connectivity index (χ3n) is 4.73. The molecule has 5 heteroatoms. The van der Waals surface area contributed by atoms with Gasteiger partial charge in [0, 0.05) is 13.1 Å². The van der Waals surface area contributed by atoms with Gasteiger partial charge in [-0.05, 0) is 55.3 Å². The van der Waals surface area contributed by atoms with Crippen LogP contribution >= 0.6 is 11.6 Å². The molecule has 1 fully saturated rings. The summed E-state index contributed by atoms with van der Waals surface area (Å²) in [6.07, 6.45) is 5.20. The van der Waals surface area contributed by atoms with Crippen molar-refractivity contribution in [3.63, 3.8) is 0 Å². The highest BCUT2D eigenvalue weighted by molar-refractivity contribution is 6.33. The highest BCUT2D eigenvalue weighted by atomic mass is 35.5. The zero-order chi connectivity index (χ0) is 18.4. The maximum Gasteiger partial charge on any atom is 0.253 e. The molecule has 0 bridgehead atoms.